The van der Waals surface area contributed by atoms with Crippen LogP contribution >= 0.6 is 15.9 Å². The maximum atomic E-state index is 11.1. The zero-order valence-electron chi connectivity index (χ0n) is 6.93. The fraction of sp³-hybridized carbons (Fsp3) is 0.875. The third-order valence-corrected chi connectivity index (χ3v) is 2.50. The Morgan fingerprint density at radius 3 is 2.55 bits per heavy atom. The van der Waals surface area contributed by atoms with Gasteiger partial charge >= 0.3 is 0 Å². The van der Waals surface area contributed by atoms with Crippen molar-refractivity contribution in [2.75, 3.05) is 0 Å². The van der Waals surface area contributed by atoms with Crippen molar-refractivity contribution in [3.63, 3.8) is 0 Å². The summed E-state index contributed by atoms with van der Waals surface area (Å²) in [6.45, 7) is 4.05. The largest absolute Gasteiger partial charge is 0.352 e. The Hall–Kier alpha value is -0.0500. The van der Waals surface area contributed by atoms with Crippen molar-refractivity contribution in [2.24, 2.45) is 5.92 Å². The summed E-state index contributed by atoms with van der Waals surface area (Å²) >= 11 is 3.22. The first-order chi connectivity index (χ1) is 5.09. The van der Waals surface area contributed by atoms with Gasteiger partial charge < -0.3 is 5.32 Å². The Bertz CT molecular complexity index is 152. The van der Waals surface area contributed by atoms with Crippen LogP contribution in [-0.4, -0.2) is 16.8 Å². The standard InChI is InChI=1S/C8H14BrNO/c1-5-3-7(4-5)10-8(11)6(2)9/h5-7H,3-4H2,1-2H3,(H,10,11)/t5?,6-,7?/m0/s1. The van der Waals surface area contributed by atoms with E-state index in [1.807, 2.05) is 6.92 Å². The summed E-state index contributed by atoms with van der Waals surface area (Å²) in [4.78, 5) is 11.0. The average Bonchev–Trinajstić information content (AvgIpc) is 1.84. The molecule has 2 nitrogen and oxygen atoms in total. The molecule has 3 heteroatoms. The minimum atomic E-state index is -0.0570. The highest BCUT2D eigenvalue weighted by Gasteiger charge is 2.27. The molecule has 0 aliphatic heterocycles. The first kappa shape index (κ1) is 9.04. The van der Waals surface area contributed by atoms with E-state index in [0.29, 0.717) is 6.04 Å². The number of alkyl halides is 1. The van der Waals surface area contributed by atoms with Crippen molar-refractivity contribution in [1.82, 2.24) is 5.32 Å². The van der Waals surface area contributed by atoms with Gasteiger partial charge in [0.2, 0.25) is 5.91 Å². The maximum absolute atomic E-state index is 11.1. The fourth-order valence-electron chi connectivity index (χ4n) is 1.34. The zero-order valence-corrected chi connectivity index (χ0v) is 8.52. The SMILES string of the molecule is CC1CC(NC(=O)[C@H](C)Br)C1. The summed E-state index contributed by atoms with van der Waals surface area (Å²) in [6, 6.07) is 0.442. The van der Waals surface area contributed by atoms with Crippen molar-refractivity contribution >= 4 is 21.8 Å². The van der Waals surface area contributed by atoms with Gasteiger partial charge in [0.25, 0.3) is 0 Å². The first-order valence-corrected chi connectivity index (χ1v) is 4.95. The highest BCUT2D eigenvalue weighted by atomic mass is 79.9. The molecule has 0 aromatic rings. The summed E-state index contributed by atoms with van der Waals surface area (Å²) in [5.74, 6) is 0.910. The second kappa shape index (κ2) is 3.57. The number of hydrogen-bond acceptors (Lipinski definition) is 1. The Balaban J connectivity index is 2.17. The summed E-state index contributed by atoms with van der Waals surface area (Å²) in [6.07, 6.45) is 2.29. The molecule has 0 aromatic carbocycles. The van der Waals surface area contributed by atoms with Crippen LogP contribution in [0.5, 0.6) is 0 Å². The Kier molecular flexibility index (Phi) is 2.93. The third-order valence-electron chi connectivity index (χ3n) is 2.08. The van der Waals surface area contributed by atoms with Gasteiger partial charge in [0, 0.05) is 6.04 Å². The highest BCUT2D eigenvalue weighted by molar-refractivity contribution is 9.10. The number of rotatable bonds is 2. The second-order valence-corrected chi connectivity index (χ2v) is 4.77. The van der Waals surface area contributed by atoms with Crippen LogP contribution in [0.1, 0.15) is 26.7 Å². The van der Waals surface area contributed by atoms with E-state index in [2.05, 4.69) is 28.2 Å². The molecule has 1 amide bonds. The van der Waals surface area contributed by atoms with Gasteiger partial charge in [0.15, 0.2) is 0 Å². The van der Waals surface area contributed by atoms with Crippen molar-refractivity contribution in [3.8, 4) is 0 Å². The van der Waals surface area contributed by atoms with Crippen LogP contribution in [0.2, 0.25) is 0 Å². The van der Waals surface area contributed by atoms with Gasteiger partial charge in [-0.1, -0.05) is 22.9 Å². The molecule has 0 aromatic heterocycles. The fourth-order valence-corrected chi connectivity index (χ4v) is 1.47. The summed E-state index contributed by atoms with van der Waals surface area (Å²) < 4.78 is 0. The van der Waals surface area contributed by atoms with E-state index < -0.39 is 0 Å². The van der Waals surface area contributed by atoms with E-state index in [9.17, 15) is 4.79 Å². The van der Waals surface area contributed by atoms with Crippen molar-refractivity contribution in [2.45, 2.75) is 37.6 Å². The van der Waals surface area contributed by atoms with Crippen LogP contribution in [0, 0.1) is 5.92 Å². The van der Waals surface area contributed by atoms with Crippen molar-refractivity contribution in [1.29, 1.82) is 0 Å². The second-order valence-electron chi connectivity index (χ2n) is 3.40. The van der Waals surface area contributed by atoms with E-state index in [-0.39, 0.29) is 10.7 Å². The molecule has 0 spiro atoms. The molecular formula is C8H14BrNO. The highest BCUT2D eigenvalue weighted by Crippen LogP contribution is 2.26. The summed E-state index contributed by atoms with van der Waals surface area (Å²) in [5, 5.41) is 2.96. The van der Waals surface area contributed by atoms with Crippen LogP contribution in [0.15, 0.2) is 0 Å². The normalized spacial score (nSPS) is 32.3. The lowest BCUT2D eigenvalue weighted by molar-refractivity contribution is -0.121. The van der Waals surface area contributed by atoms with Gasteiger partial charge in [0.1, 0.15) is 0 Å². The minimum absolute atomic E-state index is 0.0570. The van der Waals surface area contributed by atoms with E-state index in [0.717, 1.165) is 18.8 Å². The maximum Gasteiger partial charge on any atom is 0.233 e. The average molecular weight is 220 g/mol. The lowest BCUT2D eigenvalue weighted by Gasteiger charge is -2.33. The number of halogens is 1. The Labute approximate surface area is 75.9 Å². The van der Waals surface area contributed by atoms with E-state index in [1.165, 1.54) is 0 Å². The number of carbonyl (C=O) groups excluding carboxylic acids is 1. The monoisotopic (exact) mass is 219 g/mol. The summed E-state index contributed by atoms with van der Waals surface area (Å²) in [7, 11) is 0. The van der Waals surface area contributed by atoms with Gasteiger partial charge in [-0.15, -0.1) is 0 Å². The molecule has 0 unspecified atom stereocenters. The van der Waals surface area contributed by atoms with Crippen LogP contribution in [0.25, 0.3) is 0 Å². The van der Waals surface area contributed by atoms with Crippen LogP contribution < -0.4 is 5.32 Å². The predicted molar refractivity (Wildman–Crippen MR) is 48.7 cm³/mol. The Morgan fingerprint density at radius 1 is 1.64 bits per heavy atom. The van der Waals surface area contributed by atoms with E-state index in [1.54, 1.807) is 0 Å². The Morgan fingerprint density at radius 2 is 2.18 bits per heavy atom. The van der Waals surface area contributed by atoms with E-state index in [4.69, 9.17) is 0 Å². The lowest BCUT2D eigenvalue weighted by Crippen LogP contribution is -2.45. The van der Waals surface area contributed by atoms with Gasteiger partial charge in [-0.05, 0) is 25.7 Å². The zero-order chi connectivity index (χ0) is 8.43. The number of amides is 1. The van der Waals surface area contributed by atoms with Gasteiger partial charge in [-0.3, -0.25) is 4.79 Å². The molecule has 0 bridgehead atoms. The predicted octanol–water partition coefficient (Wildman–Crippen LogP) is 1.68. The smallest absolute Gasteiger partial charge is 0.233 e. The van der Waals surface area contributed by atoms with Crippen molar-refractivity contribution in [3.05, 3.63) is 0 Å². The third kappa shape index (κ3) is 2.47. The number of nitrogens with one attached hydrogen (secondary N) is 1. The van der Waals surface area contributed by atoms with Gasteiger partial charge in [-0.25, -0.2) is 0 Å². The molecule has 1 rings (SSSR count). The van der Waals surface area contributed by atoms with Crippen LogP contribution in [-0.2, 0) is 4.79 Å². The van der Waals surface area contributed by atoms with Crippen LogP contribution in [0.4, 0.5) is 0 Å². The number of hydrogen-bond donors (Lipinski definition) is 1. The van der Waals surface area contributed by atoms with E-state index >= 15 is 0 Å². The molecule has 1 atom stereocenters. The van der Waals surface area contributed by atoms with Crippen LogP contribution in [0.3, 0.4) is 0 Å². The van der Waals surface area contributed by atoms with Crippen molar-refractivity contribution < 1.29 is 4.79 Å². The lowest BCUT2D eigenvalue weighted by atomic mass is 9.82. The molecule has 1 aliphatic rings. The molecule has 11 heavy (non-hydrogen) atoms. The molecule has 64 valence electrons. The van der Waals surface area contributed by atoms with Gasteiger partial charge in [0.05, 0.1) is 4.83 Å². The quantitative estimate of drug-likeness (QED) is 0.705. The molecule has 0 heterocycles. The molecule has 1 aliphatic carbocycles. The summed E-state index contributed by atoms with van der Waals surface area (Å²) in [5.41, 5.74) is 0. The molecular weight excluding hydrogens is 206 g/mol. The molecule has 0 saturated heterocycles. The van der Waals surface area contributed by atoms with Gasteiger partial charge in [-0.2, -0.15) is 0 Å². The molecule has 1 N–H and O–H groups in total. The molecule has 0 radical (unpaired) electrons. The minimum Gasteiger partial charge on any atom is -0.352 e. The molecule has 1 fully saturated rings. The molecule has 1 saturated carbocycles. The first-order valence-electron chi connectivity index (χ1n) is 4.04. The number of carbonyl (C=O) groups is 1. The topological polar surface area (TPSA) is 29.1 Å².